The molecule has 1 aromatic heterocycles. The Balaban J connectivity index is 2.18. The zero-order chi connectivity index (χ0) is 14.9. The van der Waals surface area contributed by atoms with E-state index in [-0.39, 0.29) is 41.3 Å². The number of carboxylic acid groups (broad SMARTS) is 1. The van der Waals surface area contributed by atoms with E-state index in [9.17, 15) is 9.59 Å². The number of aromatic carboxylic acids is 1. The number of rotatable bonds is 3. The van der Waals surface area contributed by atoms with Crippen LogP contribution in [-0.4, -0.2) is 34.2 Å². The van der Waals surface area contributed by atoms with E-state index in [1.807, 2.05) is 20.8 Å². The van der Waals surface area contributed by atoms with Crippen LogP contribution < -0.4 is 5.32 Å². The van der Waals surface area contributed by atoms with Gasteiger partial charge in [0, 0.05) is 6.20 Å². The lowest BCUT2D eigenvalue weighted by atomic mass is 9.89. The Kier molecular flexibility index (Phi) is 4.04. The second-order valence-corrected chi connectivity index (χ2v) is 5.13. The van der Waals surface area contributed by atoms with E-state index in [1.54, 1.807) is 0 Å². The first-order valence-corrected chi connectivity index (χ1v) is 6.56. The number of carbonyl (C=O) groups is 2. The second kappa shape index (κ2) is 5.58. The third-order valence-electron chi connectivity index (χ3n) is 3.82. The van der Waals surface area contributed by atoms with E-state index in [0.29, 0.717) is 0 Å². The molecule has 4 unspecified atom stereocenters. The normalized spacial score (nSPS) is 29.1. The summed E-state index contributed by atoms with van der Waals surface area (Å²) in [5.74, 6) is -1.54. The van der Waals surface area contributed by atoms with Gasteiger partial charge in [0.2, 0.25) is 5.91 Å². The molecule has 1 aliphatic heterocycles. The first kappa shape index (κ1) is 14.5. The third-order valence-corrected chi connectivity index (χ3v) is 3.82. The highest BCUT2D eigenvalue weighted by Crippen LogP contribution is 2.33. The Morgan fingerprint density at radius 3 is 2.55 bits per heavy atom. The molecular formula is C14H18N2O4. The van der Waals surface area contributed by atoms with Crippen LogP contribution in [0.25, 0.3) is 0 Å². The Labute approximate surface area is 117 Å². The fraction of sp³-hybridized carbons (Fsp3) is 0.500. The molecule has 0 bridgehead atoms. The van der Waals surface area contributed by atoms with E-state index in [4.69, 9.17) is 9.84 Å². The summed E-state index contributed by atoms with van der Waals surface area (Å²) >= 11 is 0. The van der Waals surface area contributed by atoms with Crippen molar-refractivity contribution in [1.82, 2.24) is 4.98 Å². The van der Waals surface area contributed by atoms with Gasteiger partial charge >= 0.3 is 5.97 Å². The van der Waals surface area contributed by atoms with Gasteiger partial charge in [-0.1, -0.05) is 6.92 Å². The molecule has 1 saturated heterocycles. The standard InChI is InChI=1S/C14H18N2O4/c1-7-8(2)20-9(3)11(7)13(17)16-12-10(14(18)19)5-4-6-15-12/h4-9,11H,1-3H3,(H,18,19)(H,15,16,17). The van der Waals surface area contributed by atoms with Gasteiger partial charge in [-0.15, -0.1) is 0 Å². The SMILES string of the molecule is CC1OC(C)C(C(=O)Nc2ncccc2C(=O)O)C1C. The molecule has 0 spiro atoms. The van der Waals surface area contributed by atoms with Crippen LogP contribution in [0.2, 0.25) is 0 Å². The fourth-order valence-electron chi connectivity index (χ4n) is 2.60. The highest BCUT2D eigenvalue weighted by atomic mass is 16.5. The monoisotopic (exact) mass is 278 g/mol. The molecule has 1 aliphatic rings. The van der Waals surface area contributed by atoms with Gasteiger partial charge in [-0.05, 0) is 31.9 Å². The van der Waals surface area contributed by atoms with Crippen LogP contribution in [0.1, 0.15) is 31.1 Å². The third kappa shape index (κ3) is 2.65. The number of nitrogens with zero attached hydrogens (tertiary/aromatic N) is 1. The zero-order valence-corrected chi connectivity index (χ0v) is 11.7. The Morgan fingerprint density at radius 2 is 2.00 bits per heavy atom. The number of anilines is 1. The van der Waals surface area contributed by atoms with E-state index in [1.165, 1.54) is 18.3 Å². The molecule has 1 amide bonds. The number of ether oxygens (including phenoxy) is 1. The number of amides is 1. The van der Waals surface area contributed by atoms with Crippen LogP contribution in [0, 0.1) is 11.8 Å². The van der Waals surface area contributed by atoms with Crippen LogP contribution in [0.3, 0.4) is 0 Å². The summed E-state index contributed by atoms with van der Waals surface area (Å²) in [4.78, 5) is 27.3. The predicted octanol–water partition coefficient (Wildman–Crippen LogP) is 1.78. The van der Waals surface area contributed by atoms with E-state index >= 15 is 0 Å². The van der Waals surface area contributed by atoms with E-state index in [0.717, 1.165) is 0 Å². The minimum absolute atomic E-state index is 0.00317. The highest BCUT2D eigenvalue weighted by Gasteiger charge is 2.41. The molecule has 2 rings (SSSR count). The molecule has 2 N–H and O–H groups in total. The molecule has 1 aromatic rings. The quantitative estimate of drug-likeness (QED) is 0.879. The molecule has 0 radical (unpaired) electrons. The predicted molar refractivity (Wildman–Crippen MR) is 72.5 cm³/mol. The zero-order valence-electron chi connectivity index (χ0n) is 11.7. The average molecular weight is 278 g/mol. The summed E-state index contributed by atoms with van der Waals surface area (Å²) in [7, 11) is 0. The van der Waals surface area contributed by atoms with Crippen molar-refractivity contribution in [1.29, 1.82) is 0 Å². The maximum atomic E-state index is 12.3. The maximum absolute atomic E-state index is 12.3. The van der Waals surface area contributed by atoms with Crippen molar-refractivity contribution in [2.45, 2.75) is 33.0 Å². The van der Waals surface area contributed by atoms with E-state index < -0.39 is 5.97 Å². The topological polar surface area (TPSA) is 88.5 Å². The number of nitrogens with one attached hydrogen (secondary N) is 1. The molecule has 108 valence electrons. The summed E-state index contributed by atoms with van der Waals surface area (Å²) in [6.45, 7) is 5.73. The molecule has 0 aliphatic carbocycles. The number of carboxylic acids is 1. The van der Waals surface area contributed by atoms with Crippen molar-refractivity contribution < 1.29 is 19.4 Å². The Morgan fingerprint density at radius 1 is 1.30 bits per heavy atom. The summed E-state index contributed by atoms with van der Waals surface area (Å²) in [6, 6.07) is 2.93. The van der Waals surface area contributed by atoms with Gasteiger partial charge in [0.15, 0.2) is 0 Å². The van der Waals surface area contributed by atoms with Crippen LogP contribution in [0.4, 0.5) is 5.82 Å². The number of hydrogen-bond donors (Lipinski definition) is 2. The van der Waals surface area contributed by atoms with Crippen LogP contribution in [-0.2, 0) is 9.53 Å². The molecule has 1 fully saturated rings. The Hall–Kier alpha value is -1.95. The van der Waals surface area contributed by atoms with Gasteiger partial charge in [0.25, 0.3) is 0 Å². The molecule has 0 saturated carbocycles. The molecule has 6 nitrogen and oxygen atoms in total. The Bertz CT molecular complexity index is 532. The molecular weight excluding hydrogens is 260 g/mol. The van der Waals surface area contributed by atoms with Crippen molar-refractivity contribution in [2.24, 2.45) is 11.8 Å². The number of aromatic nitrogens is 1. The number of hydrogen-bond acceptors (Lipinski definition) is 4. The van der Waals surface area contributed by atoms with E-state index in [2.05, 4.69) is 10.3 Å². The van der Waals surface area contributed by atoms with Crippen LogP contribution in [0.5, 0.6) is 0 Å². The van der Waals surface area contributed by atoms with Crippen LogP contribution >= 0.6 is 0 Å². The fourth-order valence-corrected chi connectivity index (χ4v) is 2.60. The first-order chi connectivity index (χ1) is 9.41. The lowest BCUT2D eigenvalue weighted by molar-refractivity contribution is -0.122. The molecule has 2 heterocycles. The van der Waals surface area contributed by atoms with Gasteiger partial charge in [-0.3, -0.25) is 4.79 Å². The molecule has 4 atom stereocenters. The molecule has 20 heavy (non-hydrogen) atoms. The van der Waals surface area contributed by atoms with Gasteiger partial charge < -0.3 is 15.2 Å². The lowest BCUT2D eigenvalue weighted by Crippen LogP contribution is -2.32. The minimum atomic E-state index is -1.12. The largest absolute Gasteiger partial charge is 0.478 e. The smallest absolute Gasteiger partial charge is 0.339 e. The van der Waals surface area contributed by atoms with Gasteiger partial charge in [0.05, 0.1) is 18.1 Å². The summed E-state index contributed by atoms with van der Waals surface area (Å²) in [6.07, 6.45) is 1.25. The van der Waals surface area contributed by atoms with Gasteiger partial charge in [-0.2, -0.15) is 0 Å². The molecule has 0 aromatic carbocycles. The van der Waals surface area contributed by atoms with Crippen molar-refractivity contribution in [2.75, 3.05) is 5.32 Å². The summed E-state index contributed by atoms with van der Waals surface area (Å²) in [5, 5.41) is 11.7. The average Bonchev–Trinajstić information content (AvgIpc) is 2.63. The number of pyridine rings is 1. The van der Waals surface area contributed by atoms with Crippen molar-refractivity contribution >= 4 is 17.7 Å². The minimum Gasteiger partial charge on any atom is -0.478 e. The summed E-state index contributed by atoms with van der Waals surface area (Å²) in [5.41, 5.74) is -0.0203. The maximum Gasteiger partial charge on any atom is 0.339 e. The first-order valence-electron chi connectivity index (χ1n) is 6.56. The van der Waals surface area contributed by atoms with Gasteiger partial charge in [-0.25, -0.2) is 9.78 Å². The van der Waals surface area contributed by atoms with Crippen molar-refractivity contribution in [3.05, 3.63) is 23.9 Å². The van der Waals surface area contributed by atoms with Gasteiger partial charge in [0.1, 0.15) is 11.4 Å². The van der Waals surface area contributed by atoms with Crippen molar-refractivity contribution in [3.63, 3.8) is 0 Å². The highest BCUT2D eigenvalue weighted by molar-refractivity contribution is 6.00. The number of carbonyl (C=O) groups excluding carboxylic acids is 1. The van der Waals surface area contributed by atoms with Crippen molar-refractivity contribution in [3.8, 4) is 0 Å². The second-order valence-electron chi connectivity index (χ2n) is 5.13. The molecule has 6 heteroatoms. The lowest BCUT2D eigenvalue weighted by Gasteiger charge is -2.18. The van der Waals surface area contributed by atoms with Crippen LogP contribution in [0.15, 0.2) is 18.3 Å². The summed E-state index contributed by atoms with van der Waals surface area (Å²) < 4.78 is 5.62.